The average Bonchev–Trinajstić information content (AvgIpc) is 3.53. The number of hydrogen-bond donors (Lipinski definition) is 2. The lowest BCUT2D eigenvalue weighted by molar-refractivity contribution is 0.889. The predicted molar refractivity (Wildman–Crippen MR) is 127 cm³/mol. The molecule has 1 saturated carbocycles. The summed E-state index contributed by atoms with van der Waals surface area (Å²) in [4.78, 5) is 0. The molecular formula is C26H29ClN2. The van der Waals surface area contributed by atoms with Crippen molar-refractivity contribution in [2.75, 3.05) is 17.2 Å². The van der Waals surface area contributed by atoms with Gasteiger partial charge >= 0.3 is 0 Å². The zero-order chi connectivity index (χ0) is 20.4. The van der Waals surface area contributed by atoms with Crippen LogP contribution in [0.4, 0.5) is 11.4 Å². The summed E-state index contributed by atoms with van der Waals surface area (Å²) in [6, 6.07) is 21.9. The van der Waals surface area contributed by atoms with Gasteiger partial charge in [-0.05, 0) is 98.2 Å². The SMILES string of the molecule is Cc1cc(-c2ccc(NCC3CC3)cc2)c(Cl)cc1-c1ccc(NC(C)C)cc1. The third kappa shape index (κ3) is 4.94. The van der Waals surface area contributed by atoms with Crippen LogP contribution < -0.4 is 10.6 Å². The molecule has 0 radical (unpaired) electrons. The summed E-state index contributed by atoms with van der Waals surface area (Å²) in [5, 5.41) is 7.74. The minimum atomic E-state index is 0.423. The largest absolute Gasteiger partial charge is 0.385 e. The summed E-state index contributed by atoms with van der Waals surface area (Å²) in [5.41, 5.74) is 8.14. The first-order valence-corrected chi connectivity index (χ1v) is 10.9. The molecule has 0 aliphatic heterocycles. The number of halogens is 1. The maximum atomic E-state index is 6.71. The van der Waals surface area contributed by atoms with Crippen molar-refractivity contribution in [3.8, 4) is 22.3 Å². The Bertz CT molecular complexity index is 971. The van der Waals surface area contributed by atoms with E-state index in [9.17, 15) is 0 Å². The minimum Gasteiger partial charge on any atom is -0.385 e. The van der Waals surface area contributed by atoms with Gasteiger partial charge in [0.25, 0.3) is 0 Å². The van der Waals surface area contributed by atoms with E-state index < -0.39 is 0 Å². The molecule has 0 aromatic heterocycles. The van der Waals surface area contributed by atoms with E-state index in [0.717, 1.165) is 34.3 Å². The van der Waals surface area contributed by atoms with Crippen LogP contribution in [0.3, 0.4) is 0 Å². The second-order valence-electron chi connectivity index (χ2n) is 8.42. The summed E-state index contributed by atoms with van der Waals surface area (Å²) in [6.45, 7) is 7.53. The van der Waals surface area contributed by atoms with E-state index in [0.29, 0.717) is 6.04 Å². The van der Waals surface area contributed by atoms with E-state index in [1.807, 2.05) is 0 Å². The molecule has 0 bridgehead atoms. The monoisotopic (exact) mass is 404 g/mol. The van der Waals surface area contributed by atoms with E-state index >= 15 is 0 Å². The third-order valence-corrected chi connectivity index (χ3v) is 5.77. The number of hydrogen-bond acceptors (Lipinski definition) is 2. The molecule has 4 rings (SSSR count). The number of benzene rings is 3. The van der Waals surface area contributed by atoms with Crippen LogP contribution in [0.5, 0.6) is 0 Å². The van der Waals surface area contributed by atoms with Gasteiger partial charge in [-0.2, -0.15) is 0 Å². The van der Waals surface area contributed by atoms with E-state index in [2.05, 4.69) is 92.1 Å². The fraction of sp³-hybridized carbons (Fsp3) is 0.308. The average molecular weight is 405 g/mol. The molecule has 0 saturated heterocycles. The Hall–Kier alpha value is -2.45. The second kappa shape index (κ2) is 8.51. The van der Waals surface area contributed by atoms with Crippen LogP contribution in [0.2, 0.25) is 5.02 Å². The quantitative estimate of drug-likeness (QED) is 0.423. The highest BCUT2D eigenvalue weighted by Crippen LogP contribution is 2.36. The standard InChI is InChI=1S/C26H29ClN2/c1-17(2)29-23-12-8-20(9-13-23)24-15-26(27)25(14-18(24)3)21-6-10-22(11-7-21)28-16-19-4-5-19/h6-15,17,19,28-29H,4-5,16H2,1-3H3. The van der Waals surface area contributed by atoms with Gasteiger partial charge in [-0.3, -0.25) is 0 Å². The number of nitrogens with one attached hydrogen (secondary N) is 2. The van der Waals surface area contributed by atoms with Crippen LogP contribution in [0.25, 0.3) is 22.3 Å². The van der Waals surface area contributed by atoms with E-state index in [1.54, 1.807) is 0 Å². The van der Waals surface area contributed by atoms with Crippen molar-refractivity contribution in [2.45, 2.75) is 39.7 Å². The summed E-state index contributed by atoms with van der Waals surface area (Å²) >= 11 is 6.71. The van der Waals surface area contributed by atoms with Crippen molar-refractivity contribution in [3.05, 3.63) is 71.2 Å². The zero-order valence-corrected chi connectivity index (χ0v) is 18.2. The van der Waals surface area contributed by atoms with Crippen LogP contribution in [0.1, 0.15) is 32.3 Å². The van der Waals surface area contributed by atoms with Gasteiger partial charge in [-0.1, -0.05) is 35.9 Å². The molecule has 1 aliphatic carbocycles. The van der Waals surface area contributed by atoms with Crippen molar-refractivity contribution < 1.29 is 0 Å². The number of anilines is 2. The Kier molecular flexibility index (Phi) is 5.82. The van der Waals surface area contributed by atoms with Gasteiger partial charge in [-0.15, -0.1) is 0 Å². The molecule has 3 heteroatoms. The molecule has 3 aromatic rings. The van der Waals surface area contributed by atoms with Gasteiger partial charge in [0.1, 0.15) is 0 Å². The smallest absolute Gasteiger partial charge is 0.0490 e. The van der Waals surface area contributed by atoms with Crippen molar-refractivity contribution in [1.82, 2.24) is 0 Å². The molecule has 0 spiro atoms. The van der Waals surface area contributed by atoms with Crippen molar-refractivity contribution in [2.24, 2.45) is 5.92 Å². The van der Waals surface area contributed by atoms with E-state index in [-0.39, 0.29) is 0 Å². The van der Waals surface area contributed by atoms with Crippen LogP contribution in [-0.4, -0.2) is 12.6 Å². The van der Waals surface area contributed by atoms with Crippen molar-refractivity contribution >= 4 is 23.0 Å². The molecule has 3 aromatic carbocycles. The van der Waals surface area contributed by atoms with E-state index in [1.165, 1.54) is 35.2 Å². The fourth-order valence-corrected chi connectivity index (χ4v) is 3.92. The summed E-state index contributed by atoms with van der Waals surface area (Å²) in [5.74, 6) is 0.870. The van der Waals surface area contributed by atoms with Crippen LogP contribution >= 0.6 is 11.6 Å². The minimum absolute atomic E-state index is 0.423. The number of aryl methyl sites for hydroxylation is 1. The fourth-order valence-electron chi connectivity index (χ4n) is 3.64. The highest BCUT2D eigenvalue weighted by Gasteiger charge is 2.20. The summed E-state index contributed by atoms with van der Waals surface area (Å²) < 4.78 is 0. The number of rotatable bonds is 7. The first kappa shape index (κ1) is 19.8. The molecule has 150 valence electrons. The van der Waals surface area contributed by atoms with Gasteiger partial charge in [0.15, 0.2) is 0 Å². The predicted octanol–water partition coefficient (Wildman–Crippen LogP) is 7.62. The first-order valence-electron chi connectivity index (χ1n) is 10.5. The highest BCUT2D eigenvalue weighted by molar-refractivity contribution is 6.33. The van der Waals surface area contributed by atoms with Gasteiger partial charge in [0.2, 0.25) is 0 Å². The second-order valence-corrected chi connectivity index (χ2v) is 8.83. The third-order valence-electron chi connectivity index (χ3n) is 5.45. The lowest BCUT2D eigenvalue weighted by atomic mass is 9.95. The maximum absolute atomic E-state index is 6.71. The van der Waals surface area contributed by atoms with Crippen LogP contribution in [0, 0.1) is 12.8 Å². The Morgan fingerprint density at radius 3 is 2.03 bits per heavy atom. The molecule has 29 heavy (non-hydrogen) atoms. The van der Waals surface area contributed by atoms with E-state index in [4.69, 9.17) is 11.6 Å². The maximum Gasteiger partial charge on any atom is 0.0490 e. The topological polar surface area (TPSA) is 24.1 Å². The molecule has 0 unspecified atom stereocenters. The molecule has 1 aliphatic rings. The molecule has 0 amide bonds. The Morgan fingerprint density at radius 1 is 0.862 bits per heavy atom. The zero-order valence-electron chi connectivity index (χ0n) is 17.4. The summed E-state index contributed by atoms with van der Waals surface area (Å²) in [7, 11) is 0. The molecule has 0 heterocycles. The van der Waals surface area contributed by atoms with Crippen LogP contribution in [0.15, 0.2) is 60.7 Å². The Labute approximate surface area is 179 Å². The Balaban J connectivity index is 1.55. The first-order chi connectivity index (χ1) is 14.0. The molecule has 0 atom stereocenters. The molecule has 2 nitrogen and oxygen atoms in total. The molecule has 2 N–H and O–H groups in total. The van der Waals surface area contributed by atoms with Gasteiger partial charge in [0, 0.05) is 34.5 Å². The van der Waals surface area contributed by atoms with Gasteiger partial charge in [0.05, 0.1) is 0 Å². The summed E-state index contributed by atoms with van der Waals surface area (Å²) in [6.07, 6.45) is 2.73. The molecule has 1 fully saturated rings. The molecular weight excluding hydrogens is 376 g/mol. The van der Waals surface area contributed by atoms with Crippen LogP contribution in [-0.2, 0) is 0 Å². The van der Waals surface area contributed by atoms with Crippen molar-refractivity contribution in [3.63, 3.8) is 0 Å². The Morgan fingerprint density at radius 2 is 1.45 bits per heavy atom. The van der Waals surface area contributed by atoms with Gasteiger partial charge < -0.3 is 10.6 Å². The normalized spacial score (nSPS) is 13.6. The van der Waals surface area contributed by atoms with Crippen molar-refractivity contribution in [1.29, 1.82) is 0 Å². The lowest BCUT2D eigenvalue weighted by Gasteiger charge is -2.14. The van der Waals surface area contributed by atoms with Gasteiger partial charge in [-0.25, -0.2) is 0 Å². The lowest BCUT2D eigenvalue weighted by Crippen LogP contribution is -2.09. The highest BCUT2D eigenvalue weighted by atomic mass is 35.5.